The molecule has 0 bridgehead atoms. The van der Waals surface area contributed by atoms with Crippen LogP contribution >= 0.6 is 0 Å². The Morgan fingerprint density at radius 1 is 1.19 bits per heavy atom. The molecule has 2 atom stereocenters. The molecule has 0 saturated carbocycles. The van der Waals surface area contributed by atoms with E-state index in [2.05, 4.69) is 5.32 Å². The summed E-state index contributed by atoms with van der Waals surface area (Å²) in [5.74, 6) is 0.298. The van der Waals surface area contributed by atoms with Crippen LogP contribution < -0.4 is 10.1 Å². The van der Waals surface area contributed by atoms with Gasteiger partial charge in [-0.15, -0.1) is 0 Å². The Labute approximate surface area is 151 Å². The molecule has 2 rings (SSSR count). The largest absolute Gasteiger partial charge is 0.495 e. The minimum absolute atomic E-state index is 0.0970. The van der Waals surface area contributed by atoms with Crippen molar-refractivity contribution in [2.75, 3.05) is 13.7 Å². The molecule has 0 fully saturated rings. The van der Waals surface area contributed by atoms with Crippen molar-refractivity contribution in [2.24, 2.45) is 0 Å². The number of alkyl carbamates (subject to hydrolysis) is 1. The van der Waals surface area contributed by atoms with Crippen molar-refractivity contribution in [3.05, 3.63) is 65.2 Å². The molecule has 1 amide bonds. The van der Waals surface area contributed by atoms with Gasteiger partial charge in [0.15, 0.2) is 0 Å². The molecular formula is C19H20N2O5. The maximum Gasteiger partial charge on any atom is 0.407 e. The van der Waals surface area contributed by atoms with Gasteiger partial charge in [0.2, 0.25) is 0 Å². The number of carbonyl (C=O) groups excluding carboxylic acids is 1. The average molecular weight is 356 g/mol. The normalized spacial score (nSPS) is 12.5. The van der Waals surface area contributed by atoms with Crippen molar-refractivity contribution in [2.45, 2.75) is 18.8 Å². The molecule has 2 aromatic carbocycles. The predicted molar refractivity (Wildman–Crippen MR) is 93.3 cm³/mol. The van der Waals surface area contributed by atoms with Crippen LogP contribution in [0.15, 0.2) is 48.5 Å². The third-order valence-electron chi connectivity index (χ3n) is 3.74. The molecule has 0 aliphatic heterocycles. The zero-order valence-electron chi connectivity index (χ0n) is 14.3. The number of hydrogen-bond donors (Lipinski definition) is 3. The summed E-state index contributed by atoms with van der Waals surface area (Å²) in [5, 5.41) is 32.0. The fourth-order valence-corrected chi connectivity index (χ4v) is 2.37. The molecule has 0 spiro atoms. The third kappa shape index (κ3) is 4.96. The first-order chi connectivity index (χ1) is 12.6. The number of nitriles is 1. The molecule has 0 aliphatic carbocycles. The van der Waals surface area contributed by atoms with Crippen LogP contribution in [-0.2, 0) is 11.3 Å². The van der Waals surface area contributed by atoms with Gasteiger partial charge in [0.05, 0.1) is 12.7 Å². The van der Waals surface area contributed by atoms with E-state index in [0.29, 0.717) is 5.75 Å². The summed E-state index contributed by atoms with van der Waals surface area (Å²) in [7, 11) is 1.41. The first-order valence-electron chi connectivity index (χ1n) is 7.94. The number of carbonyl (C=O) groups is 1. The number of rotatable bonds is 7. The summed E-state index contributed by atoms with van der Waals surface area (Å²) in [4.78, 5) is 11.7. The second-order valence-corrected chi connectivity index (χ2v) is 5.49. The smallest absolute Gasteiger partial charge is 0.407 e. The zero-order valence-corrected chi connectivity index (χ0v) is 14.3. The van der Waals surface area contributed by atoms with Crippen molar-refractivity contribution in [1.82, 2.24) is 5.32 Å². The lowest BCUT2D eigenvalue weighted by Crippen LogP contribution is -2.36. The van der Waals surface area contributed by atoms with E-state index in [1.165, 1.54) is 13.2 Å². The first-order valence-corrected chi connectivity index (χ1v) is 7.94. The van der Waals surface area contributed by atoms with Gasteiger partial charge < -0.3 is 25.0 Å². The molecule has 0 heterocycles. The van der Waals surface area contributed by atoms with Crippen molar-refractivity contribution in [1.29, 1.82) is 5.26 Å². The quantitative estimate of drug-likeness (QED) is 0.698. The number of amides is 1. The summed E-state index contributed by atoms with van der Waals surface area (Å²) in [5.41, 5.74) is 1.19. The standard InChI is InChI=1S/C19H20N2O5/c1-25-17-9-5-8-14(15(17)10-20)18(23)16(22)11-21-19(24)26-12-13-6-3-2-4-7-13/h2-9,16,18,22-23H,11-12H2,1H3,(H,21,24). The van der Waals surface area contributed by atoms with E-state index >= 15 is 0 Å². The van der Waals surface area contributed by atoms with Gasteiger partial charge >= 0.3 is 6.09 Å². The molecule has 0 aromatic heterocycles. The van der Waals surface area contributed by atoms with Crippen LogP contribution in [0, 0.1) is 11.3 Å². The molecular weight excluding hydrogens is 336 g/mol. The van der Waals surface area contributed by atoms with Gasteiger partial charge in [-0.1, -0.05) is 42.5 Å². The highest BCUT2D eigenvalue weighted by molar-refractivity contribution is 5.67. The molecule has 0 aliphatic rings. The fraction of sp³-hybridized carbons (Fsp3) is 0.263. The second kappa shape index (κ2) is 9.42. The number of aliphatic hydroxyl groups excluding tert-OH is 2. The Kier molecular flexibility index (Phi) is 6.97. The molecule has 7 heteroatoms. The summed E-state index contributed by atoms with van der Waals surface area (Å²) < 4.78 is 10.1. The highest BCUT2D eigenvalue weighted by Gasteiger charge is 2.23. The van der Waals surface area contributed by atoms with Gasteiger partial charge in [-0.25, -0.2) is 4.79 Å². The highest BCUT2D eigenvalue weighted by atomic mass is 16.5. The number of hydrogen-bond acceptors (Lipinski definition) is 6. The monoisotopic (exact) mass is 356 g/mol. The minimum Gasteiger partial charge on any atom is -0.495 e. The van der Waals surface area contributed by atoms with E-state index in [1.54, 1.807) is 12.1 Å². The van der Waals surface area contributed by atoms with Crippen LogP contribution in [0.3, 0.4) is 0 Å². The summed E-state index contributed by atoms with van der Waals surface area (Å²) in [6.07, 6.45) is -3.40. The summed E-state index contributed by atoms with van der Waals surface area (Å²) in [6, 6.07) is 15.8. The summed E-state index contributed by atoms with van der Waals surface area (Å²) in [6.45, 7) is -0.142. The molecule has 136 valence electrons. The molecule has 0 radical (unpaired) electrons. The van der Waals surface area contributed by atoms with Gasteiger partial charge in [-0.05, 0) is 11.6 Å². The van der Waals surface area contributed by atoms with Gasteiger partial charge in [0.1, 0.15) is 30.6 Å². The fourth-order valence-electron chi connectivity index (χ4n) is 2.37. The number of nitrogens with one attached hydrogen (secondary N) is 1. The van der Waals surface area contributed by atoms with Crippen molar-refractivity contribution in [3.8, 4) is 11.8 Å². The SMILES string of the molecule is COc1cccc(C(O)C(O)CNC(=O)OCc2ccccc2)c1C#N. The number of ether oxygens (including phenoxy) is 2. The van der Waals surface area contributed by atoms with E-state index in [4.69, 9.17) is 9.47 Å². The molecule has 2 aromatic rings. The van der Waals surface area contributed by atoms with Crippen LogP contribution in [0.4, 0.5) is 4.79 Å². The first kappa shape index (κ1) is 19.2. The topological polar surface area (TPSA) is 112 Å². The van der Waals surface area contributed by atoms with Crippen LogP contribution in [-0.4, -0.2) is 36.1 Å². The van der Waals surface area contributed by atoms with Crippen molar-refractivity contribution in [3.63, 3.8) is 0 Å². The molecule has 26 heavy (non-hydrogen) atoms. The van der Waals surface area contributed by atoms with Crippen LogP contribution in [0.1, 0.15) is 22.8 Å². The Morgan fingerprint density at radius 2 is 1.92 bits per heavy atom. The van der Waals surface area contributed by atoms with E-state index < -0.39 is 18.3 Å². The van der Waals surface area contributed by atoms with Gasteiger partial charge in [0, 0.05) is 12.1 Å². The second-order valence-electron chi connectivity index (χ2n) is 5.49. The Balaban J connectivity index is 1.90. The van der Waals surface area contributed by atoms with Crippen molar-refractivity contribution >= 4 is 6.09 Å². The van der Waals surface area contributed by atoms with Crippen molar-refractivity contribution < 1.29 is 24.5 Å². The van der Waals surface area contributed by atoms with E-state index in [9.17, 15) is 20.3 Å². The lowest BCUT2D eigenvalue weighted by atomic mass is 9.98. The van der Waals surface area contributed by atoms with Gasteiger partial charge in [-0.2, -0.15) is 5.26 Å². The summed E-state index contributed by atoms with van der Waals surface area (Å²) >= 11 is 0. The van der Waals surface area contributed by atoms with E-state index in [0.717, 1.165) is 5.56 Å². The Bertz CT molecular complexity index is 773. The third-order valence-corrected chi connectivity index (χ3v) is 3.74. The average Bonchev–Trinajstić information content (AvgIpc) is 2.69. The highest BCUT2D eigenvalue weighted by Crippen LogP contribution is 2.27. The van der Waals surface area contributed by atoms with E-state index in [1.807, 2.05) is 36.4 Å². The van der Waals surface area contributed by atoms with Gasteiger partial charge in [0.25, 0.3) is 0 Å². The Hall–Kier alpha value is -3.08. The number of methoxy groups -OCH3 is 1. The lowest BCUT2D eigenvalue weighted by Gasteiger charge is -2.20. The number of nitrogens with zero attached hydrogens (tertiary/aromatic N) is 1. The Morgan fingerprint density at radius 3 is 2.58 bits per heavy atom. The number of benzene rings is 2. The molecule has 0 saturated heterocycles. The maximum atomic E-state index is 11.7. The maximum absolute atomic E-state index is 11.7. The van der Waals surface area contributed by atoms with E-state index in [-0.39, 0.29) is 24.3 Å². The molecule has 3 N–H and O–H groups in total. The molecule has 7 nitrogen and oxygen atoms in total. The van der Waals surface area contributed by atoms with Crippen LogP contribution in [0.25, 0.3) is 0 Å². The lowest BCUT2D eigenvalue weighted by molar-refractivity contribution is 0.0181. The molecule has 2 unspecified atom stereocenters. The van der Waals surface area contributed by atoms with Crippen LogP contribution in [0.5, 0.6) is 5.75 Å². The number of aliphatic hydroxyl groups is 2. The zero-order chi connectivity index (χ0) is 18.9. The predicted octanol–water partition coefficient (Wildman–Crippen LogP) is 1.89. The minimum atomic E-state index is -1.37. The van der Waals surface area contributed by atoms with Gasteiger partial charge in [-0.3, -0.25) is 0 Å². The van der Waals surface area contributed by atoms with Crippen LogP contribution in [0.2, 0.25) is 0 Å².